The maximum Gasteiger partial charge on any atom is 0.344 e. The van der Waals surface area contributed by atoms with Gasteiger partial charge in [0, 0.05) is 19.6 Å². The van der Waals surface area contributed by atoms with Gasteiger partial charge in [0.2, 0.25) is 0 Å². The van der Waals surface area contributed by atoms with Crippen LogP contribution >= 0.6 is 11.6 Å². The van der Waals surface area contributed by atoms with Gasteiger partial charge in [-0.1, -0.05) is 17.7 Å². The molecule has 23 heavy (non-hydrogen) atoms. The Morgan fingerprint density at radius 2 is 2.00 bits per heavy atom. The minimum absolute atomic E-state index is 0.153. The Morgan fingerprint density at radius 3 is 2.61 bits per heavy atom. The van der Waals surface area contributed by atoms with Crippen molar-refractivity contribution < 1.29 is 19.0 Å². The quantitative estimate of drug-likeness (QED) is 0.771. The molecule has 0 bridgehead atoms. The highest BCUT2D eigenvalue weighted by atomic mass is 35.5. The summed E-state index contributed by atoms with van der Waals surface area (Å²) in [7, 11) is 0. The van der Waals surface area contributed by atoms with E-state index in [4.69, 9.17) is 25.8 Å². The Kier molecular flexibility index (Phi) is 6.27. The van der Waals surface area contributed by atoms with Crippen molar-refractivity contribution in [1.29, 1.82) is 0 Å². The van der Waals surface area contributed by atoms with E-state index in [1.165, 1.54) is 0 Å². The van der Waals surface area contributed by atoms with E-state index in [0.717, 1.165) is 38.4 Å². The Morgan fingerprint density at radius 1 is 1.30 bits per heavy atom. The molecule has 1 heterocycles. The summed E-state index contributed by atoms with van der Waals surface area (Å²) in [6.45, 7) is 9.52. The SMILES string of the molecule is CC(C)(C)OC(=O)COc1ccc(CN2CCOCC2)cc1Cl. The van der Waals surface area contributed by atoms with Crippen molar-refractivity contribution in [3.8, 4) is 5.75 Å². The number of carbonyl (C=O) groups excluding carboxylic acids is 1. The fourth-order valence-electron chi connectivity index (χ4n) is 2.28. The number of carbonyl (C=O) groups is 1. The number of halogens is 1. The molecule has 6 heteroatoms. The highest BCUT2D eigenvalue weighted by molar-refractivity contribution is 6.32. The summed E-state index contributed by atoms with van der Waals surface area (Å²) in [6, 6.07) is 5.63. The van der Waals surface area contributed by atoms with Crippen molar-refractivity contribution in [2.24, 2.45) is 0 Å². The van der Waals surface area contributed by atoms with Crippen LogP contribution in [0.3, 0.4) is 0 Å². The van der Waals surface area contributed by atoms with E-state index in [1.807, 2.05) is 32.9 Å². The maximum absolute atomic E-state index is 11.7. The lowest BCUT2D eigenvalue weighted by Gasteiger charge is -2.26. The molecule has 1 fully saturated rings. The molecular weight excluding hydrogens is 318 g/mol. The minimum Gasteiger partial charge on any atom is -0.480 e. The Hall–Kier alpha value is -1.30. The standard InChI is InChI=1S/C17H24ClNO4/c1-17(2,3)23-16(20)12-22-15-5-4-13(10-14(15)18)11-19-6-8-21-9-7-19/h4-5,10H,6-9,11-12H2,1-3H3. The molecule has 0 amide bonds. The van der Waals surface area contributed by atoms with Gasteiger partial charge in [0.15, 0.2) is 6.61 Å². The van der Waals surface area contributed by atoms with Gasteiger partial charge in [0.25, 0.3) is 0 Å². The van der Waals surface area contributed by atoms with Crippen molar-refractivity contribution in [3.63, 3.8) is 0 Å². The lowest BCUT2D eigenvalue weighted by molar-refractivity contribution is -0.157. The number of rotatable bonds is 5. The third-order valence-electron chi connectivity index (χ3n) is 3.27. The van der Waals surface area contributed by atoms with Crippen LogP contribution < -0.4 is 4.74 Å². The highest BCUT2D eigenvalue weighted by Gasteiger charge is 2.17. The smallest absolute Gasteiger partial charge is 0.344 e. The molecule has 0 atom stereocenters. The molecule has 0 spiro atoms. The van der Waals surface area contributed by atoms with Crippen LogP contribution in [0.2, 0.25) is 5.02 Å². The van der Waals surface area contributed by atoms with Gasteiger partial charge < -0.3 is 14.2 Å². The molecular formula is C17H24ClNO4. The largest absolute Gasteiger partial charge is 0.480 e. The van der Waals surface area contributed by atoms with Crippen LogP contribution in [0.5, 0.6) is 5.75 Å². The van der Waals surface area contributed by atoms with Gasteiger partial charge in [0.05, 0.1) is 18.2 Å². The summed E-state index contributed by atoms with van der Waals surface area (Å²) >= 11 is 6.24. The summed E-state index contributed by atoms with van der Waals surface area (Å²) < 4.78 is 16.0. The molecule has 1 aliphatic rings. The fraction of sp³-hybridized carbons (Fsp3) is 0.588. The number of hydrogen-bond acceptors (Lipinski definition) is 5. The van der Waals surface area contributed by atoms with Gasteiger partial charge in [-0.05, 0) is 38.5 Å². The first-order chi connectivity index (χ1) is 10.8. The lowest BCUT2D eigenvalue weighted by Crippen LogP contribution is -2.35. The van der Waals surface area contributed by atoms with Gasteiger partial charge >= 0.3 is 5.97 Å². The normalized spacial score (nSPS) is 16.2. The number of esters is 1. The lowest BCUT2D eigenvalue weighted by atomic mass is 10.2. The van der Waals surface area contributed by atoms with E-state index in [2.05, 4.69) is 4.90 Å². The molecule has 1 aliphatic heterocycles. The molecule has 0 aliphatic carbocycles. The molecule has 5 nitrogen and oxygen atoms in total. The molecule has 1 aromatic rings. The van der Waals surface area contributed by atoms with Crippen molar-refractivity contribution in [2.75, 3.05) is 32.9 Å². The summed E-state index contributed by atoms with van der Waals surface area (Å²) in [4.78, 5) is 14.0. The van der Waals surface area contributed by atoms with Crippen LogP contribution in [-0.2, 0) is 20.8 Å². The summed E-state index contributed by atoms with van der Waals surface area (Å²) in [5, 5.41) is 0.499. The van der Waals surface area contributed by atoms with E-state index in [0.29, 0.717) is 10.8 Å². The molecule has 2 rings (SSSR count). The second-order valence-electron chi connectivity index (χ2n) is 6.53. The molecule has 0 radical (unpaired) electrons. The molecule has 1 aromatic carbocycles. The molecule has 1 saturated heterocycles. The molecule has 0 aromatic heterocycles. The van der Waals surface area contributed by atoms with E-state index in [9.17, 15) is 4.79 Å². The molecule has 0 unspecified atom stereocenters. The number of benzene rings is 1. The summed E-state index contributed by atoms with van der Waals surface area (Å²) in [6.07, 6.45) is 0. The van der Waals surface area contributed by atoms with Crippen LogP contribution in [0.4, 0.5) is 0 Å². The van der Waals surface area contributed by atoms with E-state index >= 15 is 0 Å². The first-order valence-corrected chi connectivity index (χ1v) is 8.14. The van der Waals surface area contributed by atoms with E-state index in [-0.39, 0.29) is 6.61 Å². The first kappa shape index (κ1) is 18.0. The van der Waals surface area contributed by atoms with E-state index < -0.39 is 11.6 Å². The zero-order valence-electron chi connectivity index (χ0n) is 13.9. The number of ether oxygens (including phenoxy) is 3. The average Bonchev–Trinajstić information content (AvgIpc) is 2.45. The van der Waals surface area contributed by atoms with Gasteiger partial charge in [-0.15, -0.1) is 0 Å². The van der Waals surface area contributed by atoms with Crippen molar-refractivity contribution >= 4 is 17.6 Å². The maximum atomic E-state index is 11.7. The van der Waals surface area contributed by atoms with Crippen molar-refractivity contribution in [3.05, 3.63) is 28.8 Å². The first-order valence-electron chi connectivity index (χ1n) is 7.77. The molecule has 128 valence electrons. The van der Waals surface area contributed by atoms with Crippen LogP contribution in [0.1, 0.15) is 26.3 Å². The number of nitrogens with zero attached hydrogens (tertiary/aromatic N) is 1. The Balaban J connectivity index is 1.87. The zero-order valence-corrected chi connectivity index (χ0v) is 14.7. The van der Waals surface area contributed by atoms with Crippen LogP contribution in [-0.4, -0.2) is 49.4 Å². The van der Waals surface area contributed by atoms with Gasteiger partial charge in [-0.2, -0.15) is 0 Å². The molecule has 0 saturated carbocycles. The predicted molar refractivity (Wildman–Crippen MR) is 88.9 cm³/mol. The second-order valence-corrected chi connectivity index (χ2v) is 6.94. The van der Waals surface area contributed by atoms with Crippen LogP contribution in [0.15, 0.2) is 18.2 Å². The topological polar surface area (TPSA) is 48.0 Å². The third kappa shape index (κ3) is 6.37. The summed E-state index contributed by atoms with van der Waals surface area (Å²) in [5.74, 6) is 0.0780. The van der Waals surface area contributed by atoms with Crippen molar-refractivity contribution in [2.45, 2.75) is 32.9 Å². The van der Waals surface area contributed by atoms with Gasteiger partial charge in [0.1, 0.15) is 11.4 Å². The monoisotopic (exact) mass is 341 g/mol. The van der Waals surface area contributed by atoms with Gasteiger partial charge in [-0.3, -0.25) is 4.90 Å². The number of morpholine rings is 1. The Labute approximate surface area is 142 Å². The predicted octanol–water partition coefficient (Wildman–Crippen LogP) is 2.89. The van der Waals surface area contributed by atoms with Crippen LogP contribution in [0, 0.1) is 0 Å². The summed E-state index contributed by atoms with van der Waals surface area (Å²) in [5.41, 5.74) is 0.591. The molecule has 0 N–H and O–H groups in total. The second kappa shape index (κ2) is 7.99. The zero-order chi connectivity index (χ0) is 16.9. The Bertz CT molecular complexity index is 536. The average molecular weight is 342 g/mol. The highest BCUT2D eigenvalue weighted by Crippen LogP contribution is 2.26. The third-order valence-corrected chi connectivity index (χ3v) is 3.57. The fourth-order valence-corrected chi connectivity index (χ4v) is 2.54. The number of hydrogen-bond donors (Lipinski definition) is 0. The van der Waals surface area contributed by atoms with Gasteiger partial charge in [-0.25, -0.2) is 4.79 Å². The minimum atomic E-state index is -0.522. The van der Waals surface area contributed by atoms with Crippen molar-refractivity contribution in [1.82, 2.24) is 4.90 Å². The van der Waals surface area contributed by atoms with Crippen LogP contribution in [0.25, 0.3) is 0 Å². The van der Waals surface area contributed by atoms with E-state index in [1.54, 1.807) is 6.07 Å².